The lowest BCUT2D eigenvalue weighted by Gasteiger charge is -2.26. The van der Waals surface area contributed by atoms with Gasteiger partial charge in [-0.05, 0) is 69.0 Å². The van der Waals surface area contributed by atoms with E-state index in [1.54, 1.807) is 48.4 Å². The highest BCUT2D eigenvalue weighted by atomic mass is 35.5. The largest absolute Gasteiger partial charge is 0.495 e. The molecule has 2 aromatic carbocycles. The van der Waals surface area contributed by atoms with Crippen LogP contribution in [0, 0.1) is 23.7 Å². The van der Waals surface area contributed by atoms with E-state index in [1.165, 1.54) is 7.11 Å². The highest BCUT2D eigenvalue weighted by Crippen LogP contribution is 2.34. The first-order valence-corrected chi connectivity index (χ1v) is 16.1. The Morgan fingerprint density at radius 3 is 1.49 bits per heavy atom. The van der Waals surface area contributed by atoms with Gasteiger partial charge in [-0.1, -0.05) is 23.2 Å². The number of carbonyl (C=O) groups is 3. The number of hydrogen-bond donors (Lipinski definition) is 1. The molecule has 244 valence electrons. The lowest BCUT2D eigenvalue weighted by atomic mass is 10.0. The van der Waals surface area contributed by atoms with Gasteiger partial charge in [0.25, 0.3) is 11.8 Å². The number of benzene rings is 2. The summed E-state index contributed by atoms with van der Waals surface area (Å²) in [5.41, 5.74) is 0.717. The minimum atomic E-state index is -0.496. The lowest BCUT2D eigenvalue weighted by Crippen LogP contribution is -2.38. The SMILES string of the molecule is COc1cc(C(=O)N2CC3CN(C(=O)OC(C)(C)C)CC3C2)ccc1Cl.COc1cc(C(=O)N2CC3CNCC3C2)ccc1Cl. The number of methoxy groups -OCH3 is 2. The molecule has 4 saturated heterocycles. The van der Waals surface area contributed by atoms with Crippen molar-refractivity contribution in [2.24, 2.45) is 23.7 Å². The Morgan fingerprint density at radius 2 is 1.09 bits per heavy atom. The van der Waals surface area contributed by atoms with Crippen molar-refractivity contribution < 1.29 is 28.6 Å². The van der Waals surface area contributed by atoms with E-state index in [-0.39, 0.29) is 17.9 Å². The molecule has 2 aromatic rings. The van der Waals surface area contributed by atoms with Gasteiger partial charge in [0.1, 0.15) is 17.1 Å². The smallest absolute Gasteiger partial charge is 0.410 e. The molecule has 4 heterocycles. The zero-order valence-electron chi connectivity index (χ0n) is 26.5. The van der Waals surface area contributed by atoms with Crippen LogP contribution in [0.3, 0.4) is 0 Å². The quantitative estimate of drug-likeness (QED) is 0.497. The summed E-state index contributed by atoms with van der Waals surface area (Å²) in [7, 11) is 3.09. The molecular formula is C33H42Cl2N4O6. The number of halogens is 2. The Kier molecular flexibility index (Phi) is 10.1. The lowest BCUT2D eigenvalue weighted by molar-refractivity contribution is 0.0275. The summed E-state index contributed by atoms with van der Waals surface area (Å²) >= 11 is 12.0. The highest BCUT2D eigenvalue weighted by Gasteiger charge is 2.44. The van der Waals surface area contributed by atoms with Crippen LogP contribution in [0.4, 0.5) is 4.79 Å². The zero-order valence-corrected chi connectivity index (χ0v) is 28.0. The fourth-order valence-corrected chi connectivity index (χ4v) is 7.00. The van der Waals surface area contributed by atoms with Gasteiger partial charge < -0.3 is 34.2 Å². The Hall–Kier alpha value is -3.21. The third-order valence-electron chi connectivity index (χ3n) is 8.90. The zero-order chi connectivity index (χ0) is 32.5. The first kappa shape index (κ1) is 33.2. The van der Waals surface area contributed by atoms with Gasteiger partial charge in [0.2, 0.25) is 0 Å². The number of nitrogens with one attached hydrogen (secondary N) is 1. The fraction of sp³-hybridized carbons (Fsp3) is 0.545. The van der Waals surface area contributed by atoms with Gasteiger partial charge in [0, 0.05) is 75.3 Å². The van der Waals surface area contributed by atoms with Crippen LogP contribution >= 0.6 is 23.2 Å². The van der Waals surface area contributed by atoms with Crippen LogP contribution in [-0.4, -0.2) is 105 Å². The molecule has 0 saturated carbocycles. The minimum absolute atomic E-state index is 0.0295. The number of fused-ring (bicyclic) bond motifs is 2. The molecule has 0 spiro atoms. The van der Waals surface area contributed by atoms with Crippen molar-refractivity contribution in [3.8, 4) is 11.5 Å². The Morgan fingerprint density at radius 1 is 0.689 bits per heavy atom. The van der Waals surface area contributed by atoms with Crippen molar-refractivity contribution in [1.82, 2.24) is 20.0 Å². The van der Waals surface area contributed by atoms with Crippen LogP contribution < -0.4 is 14.8 Å². The second-order valence-electron chi connectivity index (χ2n) is 13.2. The van der Waals surface area contributed by atoms with E-state index in [4.69, 9.17) is 37.4 Å². The van der Waals surface area contributed by atoms with Crippen LogP contribution in [0.5, 0.6) is 11.5 Å². The predicted octanol–water partition coefficient (Wildman–Crippen LogP) is 4.93. The van der Waals surface area contributed by atoms with Crippen LogP contribution in [-0.2, 0) is 4.74 Å². The third kappa shape index (κ3) is 7.61. The van der Waals surface area contributed by atoms with Gasteiger partial charge in [-0.15, -0.1) is 0 Å². The maximum atomic E-state index is 12.8. The van der Waals surface area contributed by atoms with E-state index in [0.29, 0.717) is 82.5 Å². The van der Waals surface area contributed by atoms with Gasteiger partial charge in [0.05, 0.1) is 24.3 Å². The number of rotatable bonds is 4. The molecule has 4 fully saturated rings. The van der Waals surface area contributed by atoms with Crippen molar-refractivity contribution >= 4 is 41.1 Å². The van der Waals surface area contributed by atoms with Crippen LogP contribution in [0.1, 0.15) is 41.5 Å². The van der Waals surface area contributed by atoms with E-state index < -0.39 is 5.60 Å². The Balaban J connectivity index is 0.000000186. The normalized spacial score (nSPS) is 23.7. The molecule has 1 N–H and O–H groups in total. The number of amides is 3. The van der Waals surface area contributed by atoms with Crippen molar-refractivity contribution in [2.75, 3.05) is 66.6 Å². The molecule has 12 heteroatoms. The van der Waals surface area contributed by atoms with E-state index in [0.717, 1.165) is 26.2 Å². The first-order valence-electron chi connectivity index (χ1n) is 15.3. The van der Waals surface area contributed by atoms with Crippen LogP contribution in [0.25, 0.3) is 0 Å². The molecule has 0 aliphatic carbocycles. The van der Waals surface area contributed by atoms with Gasteiger partial charge in [-0.2, -0.15) is 0 Å². The Labute approximate surface area is 274 Å². The summed E-state index contributed by atoms with van der Waals surface area (Å²) in [5.74, 6) is 2.89. The van der Waals surface area contributed by atoms with Crippen molar-refractivity contribution in [2.45, 2.75) is 26.4 Å². The van der Waals surface area contributed by atoms with E-state index in [1.807, 2.05) is 30.6 Å². The van der Waals surface area contributed by atoms with Gasteiger partial charge in [-0.25, -0.2) is 4.79 Å². The van der Waals surface area contributed by atoms with Crippen molar-refractivity contribution in [3.05, 3.63) is 57.6 Å². The van der Waals surface area contributed by atoms with Gasteiger partial charge >= 0.3 is 6.09 Å². The second kappa shape index (κ2) is 13.6. The molecule has 45 heavy (non-hydrogen) atoms. The average Bonchev–Trinajstić information content (AvgIpc) is 3.77. The summed E-state index contributed by atoms with van der Waals surface area (Å²) < 4.78 is 15.8. The average molecular weight is 662 g/mol. The molecule has 4 aliphatic heterocycles. The number of carbonyl (C=O) groups excluding carboxylic acids is 3. The van der Waals surface area contributed by atoms with Crippen molar-refractivity contribution in [1.29, 1.82) is 0 Å². The standard InChI is InChI=1S/C19H25ClN2O4.C14H17ClN2O2/c1-19(2,3)26-18(24)22-10-13-8-21(9-14(13)11-22)17(23)12-5-6-15(20)16(7-12)25-4;1-19-13-4-9(2-3-12(13)15)14(18)17-7-10-5-16-6-11(10)8-17/h5-7,13-14H,8-11H2,1-4H3;2-4,10-11,16H,5-8H2,1H3. The number of hydrogen-bond acceptors (Lipinski definition) is 7. The third-order valence-corrected chi connectivity index (χ3v) is 9.52. The molecule has 6 rings (SSSR count). The van der Waals surface area contributed by atoms with Gasteiger partial charge in [0.15, 0.2) is 0 Å². The maximum Gasteiger partial charge on any atom is 0.410 e. The summed E-state index contributed by atoms with van der Waals surface area (Å²) in [4.78, 5) is 43.0. The molecule has 4 unspecified atom stereocenters. The predicted molar refractivity (Wildman–Crippen MR) is 172 cm³/mol. The number of likely N-dealkylation sites (tertiary alicyclic amines) is 3. The van der Waals surface area contributed by atoms with E-state index in [9.17, 15) is 14.4 Å². The molecule has 0 aromatic heterocycles. The maximum absolute atomic E-state index is 12.8. The highest BCUT2D eigenvalue weighted by molar-refractivity contribution is 6.32. The molecule has 4 atom stereocenters. The topological polar surface area (TPSA) is 101 Å². The summed E-state index contributed by atoms with van der Waals surface area (Å²) in [6.45, 7) is 11.9. The number of nitrogens with zero attached hydrogens (tertiary/aromatic N) is 3. The van der Waals surface area contributed by atoms with E-state index in [2.05, 4.69) is 5.32 Å². The molecular weight excluding hydrogens is 619 g/mol. The monoisotopic (exact) mass is 660 g/mol. The molecule has 4 aliphatic rings. The van der Waals surface area contributed by atoms with E-state index >= 15 is 0 Å². The molecule has 3 amide bonds. The van der Waals surface area contributed by atoms with Crippen LogP contribution in [0.2, 0.25) is 10.0 Å². The first-order chi connectivity index (χ1) is 21.4. The number of ether oxygens (including phenoxy) is 3. The second-order valence-corrected chi connectivity index (χ2v) is 14.0. The molecule has 0 bridgehead atoms. The van der Waals surface area contributed by atoms with Gasteiger partial charge in [-0.3, -0.25) is 9.59 Å². The summed E-state index contributed by atoms with van der Waals surface area (Å²) in [5, 5.41) is 4.38. The fourth-order valence-electron chi connectivity index (χ4n) is 6.61. The van der Waals surface area contributed by atoms with Crippen molar-refractivity contribution in [3.63, 3.8) is 0 Å². The summed E-state index contributed by atoms with van der Waals surface area (Å²) in [6.07, 6.45) is -0.271. The summed E-state index contributed by atoms with van der Waals surface area (Å²) in [6, 6.07) is 10.3. The molecule has 0 radical (unpaired) electrons. The molecule has 10 nitrogen and oxygen atoms in total. The van der Waals surface area contributed by atoms with Crippen LogP contribution in [0.15, 0.2) is 36.4 Å². The Bertz CT molecular complexity index is 1410. The minimum Gasteiger partial charge on any atom is -0.495 e.